The lowest BCUT2D eigenvalue weighted by molar-refractivity contribution is 0.126. The molecule has 20 heavy (non-hydrogen) atoms. The second-order valence-corrected chi connectivity index (χ2v) is 4.40. The first-order valence-corrected chi connectivity index (χ1v) is 6.17. The second-order valence-electron chi connectivity index (χ2n) is 3.62. The predicted molar refractivity (Wildman–Crippen MR) is 77.5 cm³/mol. The van der Waals surface area contributed by atoms with Crippen LogP contribution < -0.4 is 11.5 Å². The van der Waals surface area contributed by atoms with Gasteiger partial charge in [-0.25, -0.2) is 0 Å². The van der Waals surface area contributed by atoms with Crippen LogP contribution in [0.2, 0.25) is 10.0 Å². The monoisotopic (exact) mass is 312 g/mol. The van der Waals surface area contributed by atoms with Gasteiger partial charge in [-0.15, -0.1) is 0 Å². The van der Waals surface area contributed by atoms with Crippen molar-refractivity contribution in [1.29, 1.82) is 0 Å². The minimum Gasteiger partial charge on any atom is -0.388 e. The van der Waals surface area contributed by atoms with E-state index in [1.165, 1.54) is 6.21 Å². The van der Waals surface area contributed by atoms with Gasteiger partial charge in [0.2, 0.25) is 11.9 Å². The number of aromatic nitrogens is 3. The van der Waals surface area contributed by atoms with Crippen LogP contribution in [-0.4, -0.2) is 21.2 Å². The summed E-state index contributed by atoms with van der Waals surface area (Å²) in [6.07, 6.45) is 1.43. The zero-order valence-corrected chi connectivity index (χ0v) is 11.6. The van der Waals surface area contributed by atoms with E-state index >= 15 is 0 Å². The van der Waals surface area contributed by atoms with Gasteiger partial charge in [0.25, 0.3) is 0 Å². The Hall–Kier alpha value is -2.12. The van der Waals surface area contributed by atoms with Gasteiger partial charge < -0.3 is 16.3 Å². The molecule has 1 heterocycles. The number of rotatable bonds is 4. The van der Waals surface area contributed by atoms with Crippen LogP contribution in [0.25, 0.3) is 0 Å². The number of nitrogens with two attached hydrogens (primary N) is 2. The van der Waals surface area contributed by atoms with Crippen molar-refractivity contribution in [3.05, 3.63) is 39.6 Å². The zero-order chi connectivity index (χ0) is 14.5. The second kappa shape index (κ2) is 6.36. The number of nitrogens with zero attached hydrogens (tertiary/aromatic N) is 4. The summed E-state index contributed by atoms with van der Waals surface area (Å²) in [6.45, 7) is 0.00556. The molecule has 0 unspecified atom stereocenters. The first-order valence-electron chi connectivity index (χ1n) is 5.41. The Bertz CT molecular complexity index is 629. The van der Waals surface area contributed by atoms with Crippen LogP contribution in [0.4, 0.5) is 11.9 Å². The van der Waals surface area contributed by atoms with Gasteiger partial charge in [-0.3, -0.25) is 0 Å². The summed E-state index contributed by atoms with van der Waals surface area (Å²) >= 11 is 11.9. The number of oxime groups is 1. The van der Waals surface area contributed by atoms with Gasteiger partial charge in [-0.1, -0.05) is 40.5 Å². The van der Waals surface area contributed by atoms with Crippen molar-refractivity contribution >= 4 is 41.3 Å². The van der Waals surface area contributed by atoms with Crippen LogP contribution in [0.1, 0.15) is 11.4 Å². The average molecular weight is 313 g/mol. The zero-order valence-electron chi connectivity index (χ0n) is 10.1. The molecule has 2 rings (SSSR count). The third-order valence-electron chi connectivity index (χ3n) is 2.16. The molecule has 0 fully saturated rings. The van der Waals surface area contributed by atoms with E-state index in [0.29, 0.717) is 15.6 Å². The smallest absolute Gasteiger partial charge is 0.225 e. The molecule has 1 aromatic heterocycles. The number of hydrogen-bond donors (Lipinski definition) is 2. The highest BCUT2D eigenvalue weighted by Crippen LogP contribution is 2.24. The summed E-state index contributed by atoms with van der Waals surface area (Å²) in [5.41, 5.74) is 11.5. The van der Waals surface area contributed by atoms with Gasteiger partial charge in [0.15, 0.2) is 12.4 Å². The van der Waals surface area contributed by atoms with Crippen molar-refractivity contribution in [2.24, 2.45) is 5.16 Å². The summed E-state index contributed by atoms with van der Waals surface area (Å²) in [5, 5.41) is 4.58. The highest BCUT2D eigenvalue weighted by atomic mass is 35.5. The minimum absolute atomic E-state index is 0.00556. The van der Waals surface area contributed by atoms with Gasteiger partial charge in [0.05, 0.1) is 16.3 Å². The summed E-state index contributed by atoms with van der Waals surface area (Å²) < 4.78 is 0. The van der Waals surface area contributed by atoms with E-state index in [2.05, 4.69) is 20.1 Å². The van der Waals surface area contributed by atoms with Crippen molar-refractivity contribution in [2.45, 2.75) is 6.61 Å². The SMILES string of the molecule is Nc1nc(N)nc(CO/N=C\c2cccc(Cl)c2Cl)n1. The lowest BCUT2D eigenvalue weighted by atomic mass is 10.2. The van der Waals surface area contributed by atoms with Crippen molar-refractivity contribution < 1.29 is 4.84 Å². The topological polar surface area (TPSA) is 112 Å². The number of hydrogen-bond acceptors (Lipinski definition) is 7. The molecule has 0 atom stereocenters. The van der Waals surface area contributed by atoms with Gasteiger partial charge in [0.1, 0.15) is 0 Å². The Morgan fingerprint density at radius 1 is 1.15 bits per heavy atom. The Morgan fingerprint density at radius 2 is 1.85 bits per heavy atom. The Morgan fingerprint density at radius 3 is 2.55 bits per heavy atom. The van der Waals surface area contributed by atoms with Crippen LogP contribution in [0.5, 0.6) is 0 Å². The maximum Gasteiger partial charge on any atom is 0.225 e. The van der Waals surface area contributed by atoms with E-state index in [9.17, 15) is 0 Å². The number of nitrogen functional groups attached to an aromatic ring is 2. The molecule has 0 saturated carbocycles. The first-order chi connectivity index (χ1) is 9.56. The van der Waals surface area contributed by atoms with Crippen molar-refractivity contribution in [1.82, 2.24) is 15.0 Å². The predicted octanol–water partition coefficient (Wildman–Crippen LogP) is 1.89. The summed E-state index contributed by atoms with van der Waals surface area (Å²) in [5.74, 6) is 0.334. The number of halogens is 2. The highest BCUT2D eigenvalue weighted by molar-refractivity contribution is 6.43. The van der Waals surface area contributed by atoms with E-state index in [4.69, 9.17) is 39.5 Å². The molecule has 0 saturated heterocycles. The maximum atomic E-state index is 5.99. The number of benzene rings is 1. The largest absolute Gasteiger partial charge is 0.388 e. The summed E-state index contributed by atoms with van der Waals surface area (Å²) in [4.78, 5) is 16.4. The molecule has 0 amide bonds. The molecule has 0 aliphatic heterocycles. The van der Waals surface area contributed by atoms with E-state index in [1.807, 2.05) is 0 Å². The fourth-order valence-corrected chi connectivity index (χ4v) is 1.69. The maximum absolute atomic E-state index is 5.99. The highest BCUT2D eigenvalue weighted by Gasteiger charge is 2.03. The molecular weight excluding hydrogens is 303 g/mol. The van der Waals surface area contributed by atoms with Gasteiger partial charge in [-0.05, 0) is 6.07 Å². The van der Waals surface area contributed by atoms with Crippen molar-refractivity contribution in [3.63, 3.8) is 0 Å². The van der Waals surface area contributed by atoms with Gasteiger partial charge in [0, 0.05) is 5.56 Å². The summed E-state index contributed by atoms with van der Waals surface area (Å²) in [6, 6.07) is 5.18. The van der Waals surface area contributed by atoms with Crippen LogP contribution in [0.3, 0.4) is 0 Å². The Labute approximate surface area is 124 Å². The van der Waals surface area contributed by atoms with Gasteiger partial charge >= 0.3 is 0 Å². The Balaban J connectivity index is 1.98. The fraction of sp³-hybridized carbons (Fsp3) is 0.0909. The third kappa shape index (κ3) is 3.69. The van der Waals surface area contributed by atoms with Crippen LogP contribution in [-0.2, 0) is 11.4 Å². The van der Waals surface area contributed by atoms with Crippen molar-refractivity contribution in [2.75, 3.05) is 11.5 Å². The normalized spacial score (nSPS) is 10.9. The molecule has 9 heteroatoms. The molecule has 0 spiro atoms. The molecule has 0 aliphatic rings. The number of anilines is 2. The summed E-state index contributed by atoms with van der Waals surface area (Å²) in [7, 11) is 0. The molecule has 104 valence electrons. The fourth-order valence-electron chi connectivity index (χ4n) is 1.33. The molecule has 0 aliphatic carbocycles. The first kappa shape index (κ1) is 14.3. The van der Waals surface area contributed by atoms with E-state index in [-0.39, 0.29) is 24.3 Å². The quantitative estimate of drug-likeness (QED) is 0.658. The van der Waals surface area contributed by atoms with Gasteiger partial charge in [-0.2, -0.15) is 15.0 Å². The van der Waals surface area contributed by atoms with Crippen LogP contribution >= 0.6 is 23.2 Å². The molecule has 0 radical (unpaired) electrons. The van der Waals surface area contributed by atoms with E-state index < -0.39 is 0 Å². The lowest BCUT2D eigenvalue weighted by Gasteiger charge is -2.01. The standard InChI is InChI=1S/C11H10Cl2N6O/c12-7-3-1-2-6(9(7)13)4-16-20-5-8-17-10(14)19-11(15)18-8/h1-4H,5H2,(H4,14,15,17,18,19)/b16-4-. The molecule has 2 aromatic rings. The van der Waals surface area contributed by atoms with Crippen molar-refractivity contribution in [3.8, 4) is 0 Å². The molecule has 7 nitrogen and oxygen atoms in total. The molecular formula is C11H10Cl2N6O. The lowest BCUT2D eigenvalue weighted by Crippen LogP contribution is -2.07. The molecule has 4 N–H and O–H groups in total. The van der Waals surface area contributed by atoms with E-state index in [1.54, 1.807) is 18.2 Å². The average Bonchev–Trinajstić information content (AvgIpc) is 2.38. The third-order valence-corrected chi connectivity index (χ3v) is 2.99. The minimum atomic E-state index is 0.00556. The molecule has 1 aromatic carbocycles. The Kier molecular flexibility index (Phi) is 4.54. The van der Waals surface area contributed by atoms with Crippen LogP contribution in [0.15, 0.2) is 23.4 Å². The van der Waals surface area contributed by atoms with Crippen LogP contribution in [0, 0.1) is 0 Å². The van der Waals surface area contributed by atoms with E-state index in [0.717, 1.165) is 0 Å². The molecule has 0 bridgehead atoms.